The van der Waals surface area contributed by atoms with Gasteiger partial charge in [0.15, 0.2) is 0 Å². The maximum atomic E-state index is 11.3. The first-order chi connectivity index (χ1) is 5.70. The summed E-state index contributed by atoms with van der Waals surface area (Å²) >= 11 is 0. The smallest absolute Gasteiger partial charge is 0.269 e. The van der Waals surface area contributed by atoms with Gasteiger partial charge in [0.1, 0.15) is 0 Å². The van der Waals surface area contributed by atoms with Crippen molar-refractivity contribution in [3.8, 4) is 0 Å². The Kier molecular flexibility index (Phi) is 1.58. The summed E-state index contributed by atoms with van der Waals surface area (Å²) in [5.74, 6) is 0. The Balaban J connectivity index is 2.58. The highest BCUT2D eigenvalue weighted by molar-refractivity contribution is 5.19. The molecule has 0 unspecified atom stereocenters. The van der Waals surface area contributed by atoms with Crippen molar-refractivity contribution < 1.29 is 4.74 Å². The highest BCUT2D eigenvalue weighted by Gasteiger charge is 2.21. The molecular formula is C8H12N2O2. The van der Waals surface area contributed by atoms with Gasteiger partial charge in [0.05, 0.1) is 24.5 Å². The normalized spacial score (nSPS) is 15.6. The van der Waals surface area contributed by atoms with Crippen LogP contribution in [0.1, 0.15) is 31.1 Å². The summed E-state index contributed by atoms with van der Waals surface area (Å²) in [5, 5.41) is 2.80. The van der Waals surface area contributed by atoms with E-state index in [0.717, 1.165) is 11.3 Å². The summed E-state index contributed by atoms with van der Waals surface area (Å²) in [4.78, 5) is 11.3. The van der Waals surface area contributed by atoms with Crippen molar-refractivity contribution in [1.82, 2.24) is 9.78 Å². The Hall–Kier alpha value is -1.03. The van der Waals surface area contributed by atoms with E-state index in [0.29, 0.717) is 19.3 Å². The van der Waals surface area contributed by atoms with Gasteiger partial charge in [-0.2, -0.15) is 0 Å². The summed E-state index contributed by atoms with van der Waals surface area (Å²) in [7, 11) is 0. The molecule has 1 aliphatic heterocycles. The van der Waals surface area contributed by atoms with Gasteiger partial charge in [-0.3, -0.25) is 14.6 Å². The van der Waals surface area contributed by atoms with E-state index in [-0.39, 0.29) is 5.56 Å². The second-order valence-electron chi connectivity index (χ2n) is 3.32. The zero-order chi connectivity index (χ0) is 8.72. The Morgan fingerprint density at radius 2 is 2.25 bits per heavy atom. The average molecular weight is 168 g/mol. The molecule has 1 aromatic heterocycles. The van der Waals surface area contributed by atoms with Crippen LogP contribution in [0, 0.1) is 0 Å². The molecular weight excluding hydrogens is 156 g/mol. The van der Waals surface area contributed by atoms with Crippen molar-refractivity contribution in [3.05, 3.63) is 21.6 Å². The van der Waals surface area contributed by atoms with Gasteiger partial charge >= 0.3 is 0 Å². The Morgan fingerprint density at radius 1 is 1.50 bits per heavy atom. The van der Waals surface area contributed by atoms with Gasteiger partial charge in [0, 0.05) is 6.04 Å². The van der Waals surface area contributed by atoms with Gasteiger partial charge in [-0.05, 0) is 13.8 Å². The van der Waals surface area contributed by atoms with E-state index < -0.39 is 0 Å². The zero-order valence-corrected chi connectivity index (χ0v) is 7.26. The second kappa shape index (κ2) is 2.48. The molecule has 12 heavy (non-hydrogen) atoms. The van der Waals surface area contributed by atoms with Crippen LogP contribution in [-0.2, 0) is 18.0 Å². The minimum absolute atomic E-state index is 0.00352. The van der Waals surface area contributed by atoms with E-state index in [1.54, 1.807) is 0 Å². The molecule has 0 saturated carbocycles. The van der Waals surface area contributed by atoms with Gasteiger partial charge < -0.3 is 4.74 Å². The predicted molar refractivity (Wildman–Crippen MR) is 43.9 cm³/mol. The SMILES string of the molecule is CC(C)n1[nH]c(=O)c2c1COC2. The Bertz CT molecular complexity index is 348. The third kappa shape index (κ3) is 0.914. The van der Waals surface area contributed by atoms with Gasteiger partial charge in [0.25, 0.3) is 5.56 Å². The molecule has 0 saturated heterocycles. The minimum atomic E-state index is -0.00352. The van der Waals surface area contributed by atoms with Crippen LogP contribution in [0.15, 0.2) is 4.79 Å². The van der Waals surface area contributed by atoms with E-state index in [9.17, 15) is 4.79 Å². The van der Waals surface area contributed by atoms with Crippen LogP contribution in [-0.4, -0.2) is 9.78 Å². The molecule has 4 nitrogen and oxygen atoms in total. The molecule has 0 amide bonds. The maximum Gasteiger partial charge on any atom is 0.269 e. The number of ether oxygens (including phenoxy) is 1. The van der Waals surface area contributed by atoms with E-state index in [4.69, 9.17) is 4.74 Å². The number of rotatable bonds is 1. The highest BCUT2D eigenvalue weighted by Crippen LogP contribution is 2.18. The molecule has 0 bridgehead atoms. The average Bonchev–Trinajstić information content (AvgIpc) is 2.53. The summed E-state index contributed by atoms with van der Waals surface area (Å²) in [6, 6.07) is 0.295. The first-order valence-electron chi connectivity index (χ1n) is 4.10. The molecule has 2 rings (SSSR count). The second-order valence-corrected chi connectivity index (χ2v) is 3.32. The maximum absolute atomic E-state index is 11.3. The molecule has 0 aliphatic carbocycles. The number of fused-ring (bicyclic) bond motifs is 1. The molecule has 1 aliphatic rings. The standard InChI is InChI=1S/C8H12N2O2/c1-5(2)10-7-4-12-3-6(7)8(11)9-10/h5H,3-4H2,1-2H3,(H,9,11). The molecule has 2 heterocycles. The molecule has 0 aromatic carbocycles. The van der Waals surface area contributed by atoms with E-state index in [2.05, 4.69) is 5.10 Å². The van der Waals surface area contributed by atoms with E-state index >= 15 is 0 Å². The molecule has 1 N–H and O–H groups in total. The first kappa shape index (κ1) is 7.61. The topological polar surface area (TPSA) is 47.0 Å². The largest absolute Gasteiger partial charge is 0.370 e. The first-order valence-corrected chi connectivity index (χ1v) is 4.10. The van der Waals surface area contributed by atoms with Crippen LogP contribution < -0.4 is 5.56 Å². The summed E-state index contributed by atoms with van der Waals surface area (Å²) in [5.41, 5.74) is 1.80. The summed E-state index contributed by atoms with van der Waals surface area (Å²) in [6.45, 7) is 5.10. The van der Waals surface area contributed by atoms with Crippen LogP contribution in [0.25, 0.3) is 0 Å². The fourth-order valence-corrected chi connectivity index (χ4v) is 1.52. The lowest BCUT2D eigenvalue weighted by molar-refractivity contribution is 0.128. The summed E-state index contributed by atoms with van der Waals surface area (Å²) < 4.78 is 7.07. The zero-order valence-electron chi connectivity index (χ0n) is 7.26. The Labute approximate surface area is 70.1 Å². The van der Waals surface area contributed by atoms with Gasteiger partial charge in [-0.15, -0.1) is 0 Å². The van der Waals surface area contributed by atoms with Crippen molar-refractivity contribution in [2.24, 2.45) is 0 Å². The quantitative estimate of drug-likeness (QED) is 0.673. The van der Waals surface area contributed by atoms with Crippen molar-refractivity contribution in [1.29, 1.82) is 0 Å². The van der Waals surface area contributed by atoms with Crippen molar-refractivity contribution >= 4 is 0 Å². The molecule has 0 fully saturated rings. The predicted octanol–water partition coefficient (Wildman–Crippen LogP) is 0.788. The van der Waals surface area contributed by atoms with Gasteiger partial charge in [-0.1, -0.05) is 0 Å². The van der Waals surface area contributed by atoms with E-state index in [1.807, 2.05) is 18.5 Å². The number of nitrogens with zero attached hydrogens (tertiary/aromatic N) is 1. The third-order valence-electron chi connectivity index (χ3n) is 2.14. The number of nitrogens with one attached hydrogen (secondary N) is 1. The van der Waals surface area contributed by atoms with Crippen molar-refractivity contribution in [3.63, 3.8) is 0 Å². The number of hydrogen-bond acceptors (Lipinski definition) is 2. The van der Waals surface area contributed by atoms with Crippen LogP contribution >= 0.6 is 0 Å². The highest BCUT2D eigenvalue weighted by atomic mass is 16.5. The monoisotopic (exact) mass is 168 g/mol. The molecule has 4 heteroatoms. The van der Waals surface area contributed by atoms with Gasteiger partial charge in [0.2, 0.25) is 0 Å². The van der Waals surface area contributed by atoms with Crippen LogP contribution in [0.2, 0.25) is 0 Å². The minimum Gasteiger partial charge on any atom is -0.370 e. The van der Waals surface area contributed by atoms with Crippen LogP contribution in [0.5, 0.6) is 0 Å². The Morgan fingerprint density at radius 3 is 2.92 bits per heavy atom. The lowest BCUT2D eigenvalue weighted by atomic mass is 10.3. The number of hydrogen-bond donors (Lipinski definition) is 1. The number of aromatic amines is 1. The number of aromatic nitrogens is 2. The van der Waals surface area contributed by atoms with Crippen LogP contribution in [0.3, 0.4) is 0 Å². The van der Waals surface area contributed by atoms with Crippen molar-refractivity contribution in [2.45, 2.75) is 33.1 Å². The lowest BCUT2D eigenvalue weighted by Crippen LogP contribution is -2.11. The van der Waals surface area contributed by atoms with E-state index in [1.165, 1.54) is 0 Å². The molecule has 66 valence electrons. The lowest BCUT2D eigenvalue weighted by Gasteiger charge is -2.08. The molecule has 0 radical (unpaired) electrons. The third-order valence-corrected chi connectivity index (χ3v) is 2.14. The van der Waals surface area contributed by atoms with Gasteiger partial charge in [-0.25, -0.2) is 0 Å². The fourth-order valence-electron chi connectivity index (χ4n) is 1.52. The summed E-state index contributed by atoms with van der Waals surface area (Å²) in [6.07, 6.45) is 0. The number of H-pyrrole nitrogens is 1. The van der Waals surface area contributed by atoms with Crippen molar-refractivity contribution in [2.75, 3.05) is 0 Å². The molecule has 0 atom stereocenters. The molecule has 1 aromatic rings. The van der Waals surface area contributed by atoms with Crippen LogP contribution in [0.4, 0.5) is 0 Å². The molecule has 0 spiro atoms. The fraction of sp³-hybridized carbons (Fsp3) is 0.625.